The summed E-state index contributed by atoms with van der Waals surface area (Å²) in [6.07, 6.45) is 3.10. The molecule has 0 unspecified atom stereocenters. The smallest absolute Gasteiger partial charge is 0.328 e. The summed E-state index contributed by atoms with van der Waals surface area (Å²) in [5.74, 6) is -1.77. The van der Waals surface area contributed by atoms with Gasteiger partial charge in [-0.05, 0) is 5.56 Å². The van der Waals surface area contributed by atoms with Gasteiger partial charge in [0, 0.05) is 12.2 Å². The van der Waals surface area contributed by atoms with Crippen LogP contribution < -0.4 is 5.43 Å². The maximum Gasteiger partial charge on any atom is 0.328 e. The average Bonchev–Trinajstić information content (AvgIpc) is 2.28. The molecular weight excluding hydrogens is 208 g/mol. The molecule has 82 valence electrons. The Kier molecular flexibility index (Phi) is 4.46. The highest BCUT2D eigenvalue weighted by Crippen LogP contribution is 1.92. The SMILES string of the molecule is O=C(O)C=CC(=O)N/N=C\c1ccccc1. The fourth-order valence-corrected chi connectivity index (χ4v) is 0.894. The van der Waals surface area contributed by atoms with Gasteiger partial charge in [0.1, 0.15) is 0 Å². The van der Waals surface area contributed by atoms with Crippen molar-refractivity contribution in [2.24, 2.45) is 5.10 Å². The van der Waals surface area contributed by atoms with Crippen LogP contribution in [0.3, 0.4) is 0 Å². The van der Waals surface area contributed by atoms with Gasteiger partial charge < -0.3 is 5.11 Å². The number of hydrazone groups is 1. The molecule has 0 spiro atoms. The van der Waals surface area contributed by atoms with E-state index in [1.54, 1.807) is 0 Å². The van der Waals surface area contributed by atoms with E-state index < -0.39 is 11.9 Å². The second kappa shape index (κ2) is 6.13. The van der Waals surface area contributed by atoms with Gasteiger partial charge in [0.25, 0.3) is 5.91 Å². The van der Waals surface area contributed by atoms with E-state index in [2.05, 4.69) is 10.5 Å². The Morgan fingerprint density at radius 1 is 1.19 bits per heavy atom. The summed E-state index contributed by atoms with van der Waals surface area (Å²) in [6.45, 7) is 0. The van der Waals surface area contributed by atoms with Crippen LogP contribution in [0.2, 0.25) is 0 Å². The first-order chi connectivity index (χ1) is 7.68. The molecule has 5 nitrogen and oxygen atoms in total. The third-order valence-electron chi connectivity index (χ3n) is 1.57. The quantitative estimate of drug-likeness (QED) is 0.445. The number of carbonyl (C=O) groups excluding carboxylic acids is 1. The van der Waals surface area contributed by atoms with Gasteiger partial charge in [-0.15, -0.1) is 0 Å². The minimum atomic E-state index is -1.18. The summed E-state index contributed by atoms with van der Waals surface area (Å²) < 4.78 is 0. The van der Waals surface area contributed by atoms with Gasteiger partial charge in [0.05, 0.1) is 6.21 Å². The minimum absolute atomic E-state index is 0.588. The summed E-state index contributed by atoms with van der Waals surface area (Å²) >= 11 is 0. The standard InChI is InChI=1S/C11H10N2O3/c14-10(6-7-11(15)16)13-12-8-9-4-2-1-3-5-9/h1-8H,(H,13,14)(H,15,16)/b7-6?,12-8-. The van der Waals surface area contributed by atoms with Gasteiger partial charge in [0.15, 0.2) is 0 Å². The summed E-state index contributed by atoms with van der Waals surface area (Å²) in [6, 6.07) is 9.19. The van der Waals surface area contributed by atoms with E-state index in [-0.39, 0.29) is 0 Å². The molecule has 1 aromatic rings. The van der Waals surface area contributed by atoms with Crippen LogP contribution in [0.4, 0.5) is 0 Å². The zero-order valence-corrected chi connectivity index (χ0v) is 8.33. The number of carboxylic acids is 1. The molecule has 0 bridgehead atoms. The maximum atomic E-state index is 11.0. The topological polar surface area (TPSA) is 78.8 Å². The molecule has 0 aliphatic carbocycles. The molecule has 16 heavy (non-hydrogen) atoms. The van der Waals surface area contributed by atoms with Crippen molar-refractivity contribution < 1.29 is 14.7 Å². The molecule has 0 heterocycles. The Balaban J connectivity index is 2.43. The van der Waals surface area contributed by atoms with Crippen LogP contribution in [0.1, 0.15) is 5.56 Å². The molecule has 5 heteroatoms. The van der Waals surface area contributed by atoms with Gasteiger partial charge in [-0.25, -0.2) is 10.2 Å². The summed E-state index contributed by atoms with van der Waals surface area (Å²) in [5.41, 5.74) is 3.00. The highest BCUT2D eigenvalue weighted by atomic mass is 16.4. The van der Waals surface area contributed by atoms with Crippen LogP contribution in [0.5, 0.6) is 0 Å². The van der Waals surface area contributed by atoms with Crippen molar-refractivity contribution in [3.05, 3.63) is 48.0 Å². The molecule has 0 aromatic heterocycles. The Hall–Kier alpha value is -2.43. The van der Waals surface area contributed by atoms with Crippen molar-refractivity contribution in [1.82, 2.24) is 5.43 Å². The lowest BCUT2D eigenvalue weighted by Gasteiger charge is -1.92. The van der Waals surface area contributed by atoms with Crippen molar-refractivity contribution in [3.8, 4) is 0 Å². The van der Waals surface area contributed by atoms with E-state index in [4.69, 9.17) is 5.11 Å². The Morgan fingerprint density at radius 3 is 2.50 bits per heavy atom. The Labute approximate surface area is 92.1 Å². The second-order valence-corrected chi connectivity index (χ2v) is 2.82. The first kappa shape index (κ1) is 11.6. The normalized spacial score (nSPS) is 10.8. The monoisotopic (exact) mass is 218 g/mol. The summed E-state index contributed by atoms with van der Waals surface area (Å²) in [7, 11) is 0. The predicted octanol–water partition coefficient (Wildman–Crippen LogP) is 0.777. The Morgan fingerprint density at radius 2 is 1.88 bits per heavy atom. The van der Waals surface area contributed by atoms with E-state index >= 15 is 0 Å². The second-order valence-electron chi connectivity index (χ2n) is 2.82. The van der Waals surface area contributed by atoms with Crippen LogP contribution in [0.15, 0.2) is 47.6 Å². The lowest BCUT2D eigenvalue weighted by molar-refractivity contribution is -0.131. The number of rotatable bonds is 4. The third kappa shape index (κ3) is 4.71. The fraction of sp³-hybridized carbons (Fsp3) is 0. The number of nitrogens with one attached hydrogen (secondary N) is 1. The number of benzene rings is 1. The molecule has 0 saturated carbocycles. The number of carboxylic acid groups (broad SMARTS) is 1. The van der Waals surface area contributed by atoms with Crippen LogP contribution in [0.25, 0.3) is 0 Å². The summed E-state index contributed by atoms with van der Waals surface area (Å²) in [4.78, 5) is 21.1. The lowest BCUT2D eigenvalue weighted by atomic mass is 10.2. The van der Waals surface area contributed by atoms with Crippen LogP contribution in [-0.4, -0.2) is 23.2 Å². The fourth-order valence-electron chi connectivity index (χ4n) is 0.894. The summed E-state index contributed by atoms with van der Waals surface area (Å²) in [5, 5.41) is 11.9. The molecular formula is C11H10N2O3. The highest BCUT2D eigenvalue weighted by molar-refractivity contribution is 5.94. The molecule has 1 aromatic carbocycles. The molecule has 1 amide bonds. The molecule has 0 atom stereocenters. The third-order valence-corrected chi connectivity index (χ3v) is 1.57. The molecule has 0 aliphatic heterocycles. The van der Waals surface area contributed by atoms with Crippen LogP contribution >= 0.6 is 0 Å². The van der Waals surface area contributed by atoms with Gasteiger partial charge >= 0.3 is 5.97 Å². The number of nitrogens with zero attached hydrogens (tertiary/aromatic N) is 1. The number of aliphatic carboxylic acids is 1. The number of hydrogen-bond acceptors (Lipinski definition) is 3. The zero-order valence-electron chi connectivity index (χ0n) is 8.33. The van der Waals surface area contributed by atoms with Crippen LogP contribution in [0, 0.1) is 0 Å². The maximum absolute atomic E-state index is 11.0. The van der Waals surface area contributed by atoms with E-state index in [1.165, 1.54) is 6.21 Å². The molecule has 2 N–H and O–H groups in total. The van der Waals surface area contributed by atoms with Crippen molar-refractivity contribution in [2.45, 2.75) is 0 Å². The van der Waals surface area contributed by atoms with E-state index in [0.717, 1.165) is 17.7 Å². The highest BCUT2D eigenvalue weighted by Gasteiger charge is 1.93. The number of hydrogen-bond donors (Lipinski definition) is 2. The van der Waals surface area contributed by atoms with Gasteiger partial charge in [-0.3, -0.25) is 4.79 Å². The van der Waals surface area contributed by atoms with Crippen molar-refractivity contribution >= 4 is 18.1 Å². The minimum Gasteiger partial charge on any atom is -0.478 e. The first-order valence-electron chi connectivity index (χ1n) is 4.47. The molecule has 0 aliphatic rings. The van der Waals surface area contributed by atoms with E-state index in [9.17, 15) is 9.59 Å². The average molecular weight is 218 g/mol. The molecule has 1 rings (SSSR count). The van der Waals surface area contributed by atoms with Gasteiger partial charge in [0.2, 0.25) is 0 Å². The number of amides is 1. The lowest BCUT2D eigenvalue weighted by Crippen LogP contribution is -2.14. The molecule has 0 radical (unpaired) electrons. The largest absolute Gasteiger partial charge is 0.478 e. The van der Waals surface area contributed by atoms with Crippen molar-refractivity contribution in [3.63, 3.8) is 0 Å². The Bertz CT molecular complexity index is 424. The molecule has 0 fully saturated rings. The van der Waals surface area contributed by atoms with Crippen LogP contribution in [-0.2, 0) is 9.59 Å². The van der Waals surface area contributed by atoms with Crippen molar-refractivity contribution in [1.29, 1.82) is 0 Å². The predicted molar refractivity (Wildman–Crippen MR) is 59.0 cm³/mol. The van der Waals surface area contributed by atoms with E-state index in [0.29, 0.717) is 0 Å². The van der Waals surface area contributed by atoms with E-state index in [1.807, 2.05) is 30.3 Å². The first-order valence-corrected chi connectivity index (χ1v) is 4.47. The number of carbonyl (C=O) groups is 2. The zero-order chi connectivity index (χ0) is 11.8. The van der Waals surface area contributed by atoms with Gasteiger partial charge in [-0.2, -0.15) is 5.10 Å². The molecule has 0 saturated heterocycles. The van der Waals surface area contributed by atoms with Gasteiger partial charge in [-0.1, -0.05) is 30.3 Å². The van der Waals surface area contributed by atoms with Crippen molar-refractivity contribution in [2.75, 3.05) is 0 Å².